The number of carbonyl (C=O) groups is 2. The van der Waals surface area contributed by atoms with E-state index in [-0.39, 0.29) is 30.2 Å². The van der Waals surface area contributed by atoms with Gasteiger partial charge in [0.05, 0.1) is 9.83 Å². The Balaban J connectivity index is 1.55. The molecule has 0 radical (unpaired) electrons. The van der Waals surface area contributed by atoms with E-state index in [0.29, 0.717) is 15.6 Å². The molecule has 3 rings (SSSR count). The standard InChI is InChI=1S/C22H21N3O5S2/c1-2-14-5-7-15(8-6-14)12-19-21(28)24(22(31)32-19)11-3-4-20(27)23-17-13-16(25(29)30)9-10-18(17)26/h5-10,12-13,26H,2-4,11H2,1H3,(H,23,27)/p-1/b19-12-. The van der Waals surface area contributed by atoms with Crippen LogP contribution < -0.4 is 10.4 Å². The molecule has 0 aromatic heterocycles. The van der Waals surface area contributed by atoms with E-state index in [1.807, 2.05) is 24.3 Å². The molecular formula is C22H20N3O5S2-. The number of thioether (sulfide) groups is 1. The molecule has 2 aromatic carbocycles. The molecular weight excluding hydrogens is 450 g/mol. The van der Waals surface area contributed by atoms with Crippen molar-refractivity contribution in [3.8, 4) is 5.75 Å². The highest BCUT2D eigenvalue weighted by Gasteiger charge is 2.31. The minimum Gasteiger partial charge on any atom is -0.871 e. The third-order valence-electron chi connectivity index (χ3n) is 4.79. The van der Waals surface area contributed by atoms with Crippen LogP contribution in [0.5, 0.6) is 5.75 Å². The lowest BCUT2D eigenvalue weighted by molar-refractivity contribution is -0.385. The Kier molecular flexibility index (Phi) is 7.60. The van der Waals surface area contributed by atoms with Gasteiger partial charge in [0, 0.05) is 30.8 Å². The van der Waals surface area contributed by atoms with Crippen LogP contribution in [0.2, 0.25) is 0 Å². The molecule has 2 amide bonds. The number of nitrogens with zero attached hydrogens (tertiary/aromatic N) is 2. The number of nitro benzene ring substituents is 1. The second-order valence-corrected chi connectivity index (χ2v) is 8.69. The average molecular weight is 471 g/mol. The number of nitrogens with one attached hydrogen (secondary N) is 1. The van der Waals surface area contributed by atoms with Gasteiger partial charge in [-0.3, -0.25) is 24.6 Å². The van der Waals surface area contributed by atoms with Gasteiger partial charge in [-0.2, -0.15) is 0 Å². The molecule has 8 nitrogen and oxygen atoms in total. The van der Waals surface area contributed by atoms with Crippen LogP contribution in [0.15, 0.2) is 47.4 Å². The van der Waals surface area contributed by atoms with Crippen molar-refractivity contribution < 1.29 is 19.6 Å². The Hall–Kier alpha value is -3.24. The van der Waals surface area contributed by atoms with Crippen LogP contribution in [0.3, 0.4) is 0 Å². The Morgan fingerprint density at radius 3 is 2.62 bits per heavy atom. The van der Waals surface area contributed by atoms with E-state index in [1.165, 1.54) is 22.2 Å². The summed E-state index contributed by atoms with van der Waals surface area (Å²) in [6.45, 7) is 2.33. The second kappa shape index (κ2) is 10.4. The van der Waals surface area contributed by atoms with Gasteiger partial charge in [-0.1, -0.05) is 67.0 Å². The summed E-state index contributed by atoms with van der Waals surface area (Å²) in [7, 11) is 0. The number of non-ortho nitro benzene ring substituents is 1. The Bertz CT molecular complexity index is 1100. The van der Waals surface area contributed by atoms with Gasteiger partial charge in [-0.15, -0.1) is 0 Å². The first-order valence-corrected chi connectivity index (χ1v) is 11.1. The molecule has 0 spiro atoms. The number of carbonyl (C=O) groups excluding carboxylic acids is 2. The first-order valence-electron chi connectivity index (χ1n) is 9.88. The summed E-state index contributed by atoms with van der Waals surface area (Å²) in [4.78, 5) is 37.0. The van der Waals surface area contributed by atoms with Gasteiger partial charge >= 0.3 is 0 Å². The van der Waals surface area contributed by atoms with Crippen LogP contribution in [0, 0.1) is 10.1 Å². The van der Waals surface area contributed by atoms with E-state index in [1.54, 1.807) is 6.08 Å². The zero-order valence-electron chi connectivity index (χ0n) is 17.2. The number of anilines is 1. The summed E-state index contributed by atoms with van der Waals surface area (Å²) in [6.07, 6.45) is 3.08. The molecule has 32 heavy (non-hydrogen) atoms. The van der Waals surface area contributed by atoms with Crippen molar-refractivity contribution >= 4 is 57.6 Å². The van der Waals surface area contributed by atoms with E-state index in [4.69, 9.17) is 12.2 Å². The molecule has 1 saturated heterocycles. The smallest absolute Gasteiger partial charge is 0.271 e. The fourth-order valence-electron chi connectivity index (χ4n) is 3.03. The van der Waals surface area contributed by atoms with E-state index in [2.05, 4.69) is 12.2 Å². The number of aryl methyl sites for hydroxylation is 1. The number of thiocarbonyl (C=S) groups is 1. The largest absolute Gasteiger partial charge is 0.871 e. The van der Waals surface area contributed by atoms with Crippen molar-refractivity contribution in [1.82, 2.24) is 4.90 Å². The molecule has 166 valence electrons. The van der Waals surface area contributed by atoms with Gasteiger partial charge in [-0.25, -0.2) is 0 Å². The van der Waals surface area contributed by atoms with Crippen molar-refractivity contribution in [3.63, 3.8) is 0 Å². The summed E-state index contributed by atoms with van der Waals surface area (Å²) in [6, 6.07) is 11.1. The van der Waals surface area contributed by atoms with Crippen molar-refractivity contribution in [3.05, 3.63) is 68.6 Å². The highest BCUT2D eigenvalue weighted by molar-refractivity contribution is 8.26. The number of benzene rings is 2. The maximum Gasteiger partial charge on any atom is 0.271 e. The topological polar surface area (TPSA) is 116 Å². The van der Waals surface area contributed by atoms with Crippen LogP contribution in [0.25, 0.3) is 6.08 Å². The van der Waals surface area contributed by atoms with Gasteiger partial charge in [-0.05, 0) is 30.0 Å². The Labute approximate surface area is 194 Å². The van der Waals surface area contributed by atoms with Crippen molar-refractivity contribution in [2.75, 3.05) is 11.9 Å². The minimum absolute atomic E-state index is 0.0245. The van der Waals surface area contributed by atoms with E-state index in [9.17, 15) is 24.8 Å². The van der Waals surface area contributed by atoms with Crippen LogP contribution >= 0.6 is 24.0 Å². The third kappa shape index (κ3) is 5.71. The van der Waals surface area contributed by atoms with Crippen molar-refractivity contribution in [1.29, 1.82) is 0 Å². The van der Waals surface area contributed by atoms with Crippen molar-refractivity contribution in [2.24, 2.45) is 0 Å². The highest BCUT2D eigenvalue weighted by Crippen LogP contribution is 2.33. The predicted octanol–water partition coefficient (Wildman–Crippen LogP) is 3.85. The second-order valence-electron chi connectivity index (χ2n) is 7.02. The quantitative estimate of drug-likeness (QED) is 0.270. The summed E-state index contributed by atoms with van der Waals surface area (Å²) < 4.78 is 0.423. The molecule has 1 aliphatic heterocycles. The van der Waals surface area contributed by atoms with Gasteiger partial charge in [0.1, 0.15) is 4.32 Å². The zero-order valence-corrected chi connectivity index (χ0v) is 18.8. The van der Waals surface area contributed by atoms with Crippen LogP contribution in [0.4, 0.5) is 11.4 Å². The predicted molar refractivity (Wildman–Crippen MR) is 126 cm³/mol. The first kappa shape index (κ1) is 23.4. The minimum atomic E-state index is -0.643. The van der Waals surface area contributed by atoms with E-state index >= 15 is 0 Å². The molecule has 1 heterocycles. The molecule has 10 heteroatoms. The zero-order chi connectivity index (χ0) is 23.3. The molecule has 0 aliphatic carbocycles. The van der Waals surface area contributed by atoms with Gasteiger partial charge in [0.15, 0.2) is 0 Å². The number of hydrogen-bond acceptors (Lipinski definition) is 7. The normalized spacial score (nSPS) is 14.8. The first-order chi connectivity index (χ1) is 15.3. The van der Waals surface area contributed by atoms with Crippen molar-refractivity contribution in [2.45, 2.75) is 26.2 Å². The fourth-order valence-corrected chi connectivity index (χ4v) is 4.34. The number of rotatable bonds is 8. The maximum atomic E-state index is 12.7. The SMILES string of the molecule is CCc1ccc(/C=C2\SC(=S)N(CCCC(=O)Nc3cc([N+](=O)[O-])ccc3[O-])C2=O)cc1. The maximum absolute atomic E-state index is 12.7. The molecule has 1 N–H and O–H groups in total. The molecule has 1 aliphatic rings. The monoisotopic (exact) mass is 470 g/mol. The number of hydrogen-bond donors (Lipinski definition) is 1. The molecule has 2 aromatic rings. The average Bonchev–Trinajstić information content (AvgIpc) is 3.03. The number of nitro groups is 1. The van der Waals surface area contributed by atoms with E-state index in [0.717, 1.165) is 30.2 Å². The summed E-state index contributed by atoms with van der Waals surface area (Å²) in [5.74, 6) is -1.20. The molecule has 0 bridgehead atoms. The van der Waals surface area contributed by atoms with E-state index < -0.39 is 16.6 Å². The summed E-state index contributed by atoms with van der Waals surface area (Å²) in [5, 5.41) is 25.0. The Morgan fingerprint density at radius 2 is 1.97 bits per heavy atom. The fraction of sp³-hybridized carbons (Fsp3) is 0.227. The van der Waals surface area contributed by atoms with Gasteiger partial charge in [0.25, 0.3) is 11.6 Å². The van der Waals surface area contributed by atoms with Gasteiger partial charge < -0.3 is 10.4 Å². The lowest BCUT2D eigenvalue weighted by atomic mass is 10.1. The van der Waals surface area contributed by atoms with Crippen LogP contribution in [-0.2, 0) is 16.0 Å². The lowest BCUT2D eigenvalue weighted by Crippen LogP contribution is -2.29. The number of amides is 2. The summed E-state index contributed by atoms with van der Waals surface area (Å²) in [5.41, 5.74) is 1.69. The molecule has 0 saturated carbocycles. The third-order valence-corrected chi connectivity index (χ3v) is 6.17. The highest BCUT2D eigenvalue weighted by atomic mass is 32.2. The Morgan fingerprint density at radius 1 is 1.25 bits per heavy atom. The van der Waals surface area contributed by atoms with Crippen LogP contribution in [-0.4, -0.2) is 32.5 Å². The van der Waals surface area contributed by atoms with Crippen LogP contribution in [0.1, 0.15) is 30.9 Å². The lowest BCUT2D eigenvalue weighted by Gasteiger charge is -2.16. The molecule has 0 atom stereocenters. The summed E-state index contributed by atoms with van der Waals surface area (Å²) >= 11 is 6.53. The molecule has 0 unspecified atom stereocenters. The van der Waals surface area contributed by atoms with Gasteiger partial charge in [0.2, 0.25) is 5.91 Å². The molecule has 1 fully saturated rings.